The standard InChI is InChI=1S/C13H17IN2O2/c1-8(17)10-4-5-16(7-10)13(18)9-2-3-12(15)11(14)6-9/h2-3,6,8,10,17H,4-5,7,15H2,1H3. The van der Waals surface area contributed by atoms with E-state index in [1.165, 1.54) is 0 Å². The number of aliphatic hydroxyl groups excluding tert-OH is 1. The molecule has 1 aromatic carbocycles. The lowest BCUT2D eigenvalue weighted by molar-refractivity contribution is 0.0762. The van der Waals surface area contributed by atoms with E-state index < -0.39 is 0 Å². The number of benzene rings is 1. The predicted molar refractivity (Wildman–Crippen MR) is 79.3 cm³/mol. The van der Waals surface area contributed by atoms with E-state index in [0.29, 0.717) is 17.8 Å². The van der Waals surface area contributed by atoms with Gasteiger partial charge in [0.15, 0.2) is 0 Å². The molecule has 0 bridgehead atoms. The van der Waals surface area contributed by atoms with Gasteiger partial charge < -0.3 is 15.7 Å². The van der Waals surface area contributed by atoms with Gasteiger partial charge in [-0.3, -0.25) is 4.79 Å². The SMILES string of the molecule is CC(O)C1CCN(C(=O)c2ccc(N)c(I)c2)C1. The van der Waals surface area contributed by atoms with E-state index in [-0.39, 0.29) is 17.9 Å². The fourth-order valence-corrected chi connectivity index (χ4v) is 2.72. The van der Waals surface area contributed by atoms with Crippen molar-refractivity contribution in [3.8, 4) is 0 Å². The van der Waals surface area contributed by atoms with Gasteiger partial charge in [-0.1, -0.05) is 0 Å². The highest BCUT2D eigenvalue weighted by molar-refractivity contribution is 14.1. The lowest BCUT2D eigenvalue weighted by Crippen LogP contribution is -2.30. The number of carbonyl (C=O) groups is 1. The van der Waals surface area contributed by atoms with E-state index in [2.05, 4.69) is 22.6 Å². The molecule has 1 aromatic rings. The second kappa shape index (κ2) is 5.44. The summed E-state index contributed by atoms with van der Waals surface area (Å²) in [5, 5.41) is 9.55. The number of nitrogens with zero attached hydrogens (tertiary/aromatic N) is 1. The summed E-state index contributed by atoms with van der Waals surface area (Å²) in [5.74, 6) is 0.220. The molecule has 0 saturated carbocycles. The number of amides is 1. The minimum absolute atomic E-state index is 0.0241. The first kappa shape index (κ1) is 13.6. The molecule has 5 heteroatoms. The Kier molecular flexibility index (Phi) is 4.11. The lowest BCUT2D eigenvalue weighted by Gasteiger charge is -2.18. The molecule has 1 amide bonds. The van der Waals surface area contributed by atoms with Gasteiger partial charge in [0.25, 0.3) is 5.91 Å². The van der Waals surface area contributed by atoms with Crippen LogP contribution in [-0.2, 0) is 0 Å². The average molecular weight is 360 g/mol. The molecule has 2 unspecified atom stereocenters. The molecule has 0 aliphatic carbocycles. The molecule has 2 atom stereocenters. The van der Waals surface area contributed by atoms with Crippen LogP contribution in [0.4, 0.5) is 5.69 Å². The van der Waals surface area contributed by atoms with Gasteiger partial charge in [0, 0.05) is 33.8 Å². The first-order valence-corrected chi connectivity index (χ1v) is 7.09. The fraction of sp³-hybridized carbons (Fsp3) is 0.462. The van der Waals surface area contributed by atoms with Crippen LogP contribution in [0.3, 0.4) is 0 Å². The number of nitrogen functional groups attached to an aromatic ring is 1. The maximum absolute atomic E-state index is 12.3. The van der Waals surface area contributed by atoms with Crippen molar-refractivity contribution in [1.82, 2.24) is 4.90 Å². The number of hydrogen-bond acceptors (Lipinski definition) is 3. The smallest absolute Gasteiger partial charge is 0.253 e. The Hall–Kier alpha value is -0.820. The summed E-state index contributed by atoms with van der Waals surface area (Å²) in [5.41, 5.74) is 7.10. The number of nitrogens with two attached hydrogens (primary N) is 1. The summed E-state index contributed by atoms with van der Waals surface area (Å²) in [6.45, 7) is 3.14. The molecular formula is C13H17IN2O2. The quantitative estimate of drug-likeness (QED) is 0.624. The largest absolute Gasteiger partial charge is 0.398 e. The zero-order valence-electron chi connectivity index (χ0n) is 10.3. The highest BCUT2D eigenvalue weighted by atomic mass is 127. The van der Waals surface area contributed by atoms with Gasteiger partial charge in [-0.25, -0.2) is 0 Å². The molecule has 1 fully saturated rings. The van der Waals surface area contributed by atoms with Gasteiger partial charge in [0.1, 0.15) is 0 Å². The monoisotopic (exact) mass is 360 g/mol. The zero-order valence-corrected chi connectivity index (χ0v) is 12.4. The summed E-state index contributed by atoms with van der Waals surface area (Å²) in [6.07, 6.45) is 0.518. The molecule has 2 rings (SSSR count). The summed E-state index contributed by atoms with van der Waals surface area (Å²) in [4.78, 5) is 14.1. The van der Waals surface area contributed by atoms with Crippen LogP contribution in [0, 0.1) is 9.49 Å². The van der Waals surface area contributed by atoms with Crippen molar-refractivity contribution in [2.24, 2.45) is 5.92 Å². The Morgan fingerprint density at radius 1 is 1.61 bits per heavy atom. The van der Waals surface area contributed by atoms with Crippen molar-refractivity contribution in [2.45, 2.75) is 19.4 Å². The maximum atomic E-state index is 12.3. The van der Waals surface area contributed by atoms with Crippen LogP contribution in [0.15, 0.2) is 18.2 Å². The summed E-state index contributed by atoms with van der Waals surface area (Å²) in [6, 6.07) is 5.33. The Labute approximate surface area is 120 Å². The number of rotatable bonds is 2. The van der Waals surface area contributed by atoms with E-state index in [0.717, 1.165) is 16.5 Å². The third-order valence-electron chi connectivity index (χ3n) is 3.44. The molecule has 98 valence electrons. The molecule has 3 N–H and O–H groups in total. The van der Waals surface area contributed by atoms with Crippen LogP contribution in [0.25, 0.3) is 0 Å². The molecule has 1 saturated heterocycles. The third kappa shape index (κ3) is 2.77. The highest BCUT2D eigenvalue weighted by Crippen LogP contribution is 2.23. The van der Waals surface area contributed by atoms with E-state index in [4.69, 9.17) is 5.73 Å². The Bertz CT molecular complexity index is 462. The van der Waals surface area contributed by atoms with Crippen molar-refractivity contribution in [1.29, 1.82) is 0 Å². The van der Waals surface area contributed by atoms with Gasteiger partial charge in [0.2, 0.25) is 0 Å². The van der Waals surface area contributed by atoms with Crippen molar-refractivity contribution >= 4 is 34.2 Å². The number of hydrogen-bond donors (Lipinski definition) is 2. The Balaban J connectivity index is 2.10. The van der Waals surface area contributed by atoms with E-state index >= 15 is 0 Å². The van der Waals surface area contributed by atoms with Crippen LogP contribution >= 0.6 is 22.6 Å². The van der Waals surface area contributed by atoms with Gasteiger partial charge in [-0.15, -0.1) is 0 Å². The van der Waals surface area contributed by atoms with Crippen LogP contribution in [0.2, 0.25) is 0 Å². The summed E-state index contributed by atoms with van der Waals surface area (Å²) >= 11 is 2.13. The number of carbonyl (C=O) groups excluding carboxylic acids is 1. The summed E-state index contributed by atoms with van der Waals surface area (Å²) in [7, 11) is 0. The number of halogens is 1. The second-order valence-electron chi connectivity index (χ2n) is 4.78. The predicted octanol–water partition coefficient (Wildman–Crippen LogP) is 1.72. The average Bonchev–Trinajstić information content (AvgIpc) is 2.81. The minimum atomic E-state index is -0.352. The molecule has 1 aliphatic heterocycles. The molecule has 0 aromatic heterocycles. The third-order valence-corrected chi connectivity index (χ3v) is 4.38. The van der Waals surface area contributed by atoms with Gasteiger partial charge in [-0.05, 0) is 54.1 Å². The topological polar surface area (TPSA) is 66.6 Å². The van der Waals surface area contributed by atoms with Crippen molar-refractivity contribution in [3.63, 3.8) is 0 Å². The molecule has 1 heterocycles. The van der Waals surface area contributed by atoms with Crippen molar-refractivity contribution in [2.75, 3.05) is 18.8 Å². The van der Waals surface area contributed by atoms with E-state index in [1.54, 1.807) is 24.0 Å². The van der Waals surface area contributed by atoms with E-state index in [9.17, 15) is 9.90 Å². The molecular weight excluding hydrogens is 343 g/mol. The second-order valence-corrected chi connectivity index (χ2v) is 5.94. The zero-order chi connectivity index (χ0) is 13.3. The molecule has 4 nitrogen and oxygen atoms in total. The van der Waals surface area contributed by atoms with Gasteiger partial charge >= 0.3 is 0 Å². The van der Waals surface area contributed by atoms with Gasteiger partial charge in [-0.2, -0.15) is 0 Å². The molecule has 18 heavy (non-hydrogen) atoms. The molecule has 0 radical (unpaired) electrons. The maximum Gasteiger partial charge on any atom is 0.253 e. The number of anilines is 1. The van der Waals surface area contributed by atoms with Gasteiger partial charge in [0.05, 0.1) is 6.10 Å². The minimum Gasteiger partial charge on any atom is -0.398 e. The van der Waals surface area contributed by atoms with Crippen molar-refractivity contribution < 1.29 is 9.90 Å². The van der Waals surface area contributed by atoms with Crippen molar-refractivity contribution in [3.05, 3.63) is 27.3 Å². The fourth-order valence-electron chi connectivity index (χ4n) is 2.21. The van der Waals surface area contributed by atoms with Crippen LogP contribution in [0.1, 0.15) is 23.7 Å². The van der Waals surface area contributed by atoms with Crippen LogP contribution in [-0.4, -0.2) is 35.1 Å². The first-order valence-electron chi connectivity index (χ1n) is 6.01. The normalized spacial score (nSPS) is 21.1. The Morgan fingerprint density at radius 2 is 2.33 bits per heavy atom. The molecule has 0 spiro atoms. The lowest BCUT2D eigenvalue weighted by atomic mass is 10.0. The van der Waals surface area contributed by atoms with Crippen LogP contribution < -0.4 is 5.73 Å². The molecule has 1 aliphatic rings. The number of aliphatic hydroxyl groups is 1. The number of likely N-dealkylation sites (tertiary alicyclic amines) is 1. The first-order chi connectivity index (χ1) is 8.49. The summed E-state index contributed by atoms with van der Waals surface area (Å²) < 4.78 is 0.893. The van der Waals surface area contributed by atoms with Crippen LogP contribution in [0.5, 0.6) is 0 Å². The van der Waals surface area contributed by atoms with E-state index in [1.807, 2.05) is 6.07 Å². The Morgan fingerprint density at radius 3 is 2.89 bits per heavy atom. The highest BCUT2D eigenvalue weighted by Gasteiger charge is 2.29.